The predicted octanol–water partition coefficient (Wildman–Crippen LogP) is 1.93. The van der Waals surface area contributed by atoms with Gasteiger partial charge in [-0.3, -0.25) is 0 Å². The molecule has 0 aromatic carbocycles. The van der Waals surface area contributed by atoms with Crippen LogP contribution < -0.4 is 5.32 Å². The monoisotopic (exact) mass is 139 g/mol. The van der Waals surface area contributed by atoms with Crippen LogP contribution in [0.25, 0.3) is 0 Å². The Balaban J connectivity index is 1.84. The van der Waals surface area contributed by atoms with Crippen LogP contribution in [0.2, 0.25) is 0 Å². The molecule has 1 heterocycles. The van der Waals surface area contributed by atoms with E-state index in [2.05, 4.69) is 5.32 Å². The lowest BCUT2D eigenvalue weighted by Gasteiger charge is -2.18. The van der Waals surface area contributed by atoms with Gasteiger partial charge in [-0.1, -0.05) is 6.42 Å². The van der Waals surface area contributed by atoms with Crippen LogP contribution in [0.4, 0.5) is 0 Å². The molecule has 2 aliphatic rings. The van der Waals surface area contributed by atoms with Crippen molar-refractivity contribution < 1.29 is 0 Å². The first-order valence-electron chi connectivity index (χ1n) is 4.62. The third kappa shape index (κ3) is 1.34. The van der Waals surface area contributed by atoms with E-state index in [1.54, 1.807) is 0 Å². The summed E-state index contributed by atoms with van der Waals surface area (Å²) in [4.78, 5) is 0. The van der Waals surface area contributed by atoms with Crippen molar-refractivity contribution in [2.45, 2.75) is 38.5 Å². The molecule has 0 unspecified atom stereocenters. The summed E-state index contributed by atoms with van der Waals surface area (Å²) >= 11 is 0. The Morgan fingerprint density at radius 2 is 1.70 bits per heavy atom. The van der Waals surface area contributed by atoms with E-state index in [1.807, 2.05) is 0 Å². The van der Waals surface area contributed by atoms with Gasteiger partial charge in [-0.25, -0.2) is 0 Å². The molecule has 1 heteroatoms. The summed E-state index contributed by atoms with van der Waals surface area (Å²) in [6.07, 6.45) is 8.89. The van der Waals surface area contributed by atoms with Crippen LogP contribution in [0.3, 0.4) is 0 Å². The first-order valence-corrected chi connectivity index (χ1v) is 4.62. The normalized spacial score (nSPS) is 31.2. The van der Waals surface area contributed by atoms with Gasteiger partial charge in [0.2, 0.25) is 0 Å². The van der Waals surface area contributed by atoms with Crippen molar-refractivity contribution in [2.75, 3.05) is 13.1 Å². The predicted molar refractivity (Wildman–Crippen MR) is 43.0 cm³/mol. The zero-order chi connectivity index (χ0) is 6.86. The molecule has 1 aliphatic heterocycles. The Kier molecular flexibility index (Phi) is 1.69. The van der Waals surface area contributed by atoms with Crippen LogP contribution in [0.5, 0.6) is 0 Å². The molecule has 2 rings (SSSR count). The summed E-state index contributed by atoms with van der Waals surface area (Å²) in [6, 6.07) is 0. The lowest BCUT2D eigenvalue weighted by Crippen LogP contribution is -2.22. The van der Waals surface area contributed by atoms with Crippen LogP contribution in [0.1, 0.15) is 38.5 Å². The standard InChI is InChI=1S/C9H17N/c1-2-7-10-8-6-9(3-1)4-5-9/h10H,1-8H2. The van der Waals surface area contributed by atoms with Gasteiger partial charge in [0, 0.05) is 0 Å². The van der Waals surface area contributed by atoms with E-state index in [-0.39, 0.29) is 0 Å². The van der Waals surface area contributed by atoms with Crippen molar-refractivity contribution >= 4 is 0 Å². The molecule has 1 aliphatic carbocycles. The topological polar surface area (TPSA) is 12.0 Å². The second kappa shape index (κ2) is 2.54. The van der Waals surface area contributed by atoms with Crippen LogP contribution in [-0.4, -0.2) is 13.1 Å². The van der Waals surface area contributed by atoms with E-state index in [0.717, 1.165) is 5.41 Å². The molecule has 2 fully saturated rings. The molecule has 0 bridgehead atoms. The van der Waals surface area contributed by atoms with Gasteiger partial charge in [-0.15, -0.1) is 0 Å². The lowest BCUT2D eigenvalue weighted by atomic mass is 9.94. The van der Waals surface area contributed by atoms with Gasteiger partial charge in [-0.05, 0) is 50.6 Å². The Hall–Kier alpha value is -0.0400. The summed E-state index contributed by atoms with van der Waals surface area (Å²) in [5.74, 6) is 0. The number of nitrogens with one attached hydrogen (secondary N) is 1. The fourth-order valence-corrected chi connectivity index (χ4v) is 2.03. The molecule has 58 valence electrons. The Labute approximate surface area is 63.2 Å². The van der Waals surface area contributed by atoms with Gasteiger partial charge in [0.15, 0.2) is 0 Å². The van der Waals surface area contributed by atoms with Crippen molar-refractivity contribution in [3.05, 3.63) is 0 Å². The molecular weight excluding hydrogens is 122 g/mol. The van der Waals surface area contributed by atoms with Crippen LogP contribution in [-0.2, 0) is 0 Å². The van der Waals surface area contributed by atoms with E-state index in [1.165, 1.54) is 51.6 Å². The molecule has 0 aromatic heterocycles. The van der Waals surface area contributed by atoms with Gasteiger partial charge in [0.05, 0.1) is 0 Å². The van der Waals surface area contributed by atoms with Crippen LogP contribution in [0, 0.1) is 5.41 Å². The quantitative estimate of drug-likeness (QED) is 0.540. The first-order chi connectivity index (χ1) is 4.91. The minimum atomic E-state index is 0.841. The molecule has 1 nitrogen and oxygen atoms in total. The molecule has 10 heavy (non-hydrogen) atoms. The van der Waals surface area contributed by atoms with E-state index in [9.17, 15) is 0 Å². The SMILES string of the molecule is C1CCC2(CCNC1)CC2. The molecule has 1 saturated heterocycles. The second-order valence-corrected chi connectivity index (χ2v) is 3.96. The minimum absolute atomic E-state index is 0.841. The number of hydrogen-bond acceptors (Lipinski definition) is 1. The van der Waals surface area contributed by atoms with Crippen LogP contribution in [0.15, 0.2) is 0 Å². The Bertz CT molecular complexity index is 106. The third-order valence-corrected chi connectivity index (χ3v) is 3.10. The summed E-state index contributed by atoms with van der Waals surface area (Å²) in [7, 11) is 0. The highest BCUT2D eigenvalue weighted by Crippen LogP contribution is 2.52. The lowest BCUT2D eigenvalue weighted by molar-refractivity contribution is 0.369. The molecule has 1 spiro atoms. The Morgan fingerprint density at radius 3 is 2.50 bits per heavy atom. The molecule has 0 atom stereocenters. The summed E-state index contributed by atoms with van der Waals surface area (Å²) in [6.45, 7) is 2.54. The maximum atomic E-state index is 3.48. The van der Waals surface area contributed by atoms with Gasteiger partial charge in [0.25, 0.3) is 0 Å². The van der Waals surface area contributed by atoms with Gasteiger partial charge >= 0.3 is 0 Å². The Morgan fingerprint density at radius 1 is 0.800 bits per heavy atom. The van der Waals surface area contributed by atoms with Gasteiger partial charge in [-0.2, -0.15) is 0 Å². The highest BCUT2D eigenvalue weighted by molar-refractivity contribution is 4.93. The molecule has 0 radical (unpaired) electrons. The van der Waals surface area contributed by atoms with Gasteiger partial charge in [0.1, 0.15) is 0 Å². The summed E-state index contributed by atoms with van der Waals surface area (Å²) < 4.78 is 0. The second-order valence-electron chi connectivity index (χ2n) is 3.96. The highest BCUT2D eigenvalue weighted by atomic mass is 14.9. The average Bonchev–Trinajstić information content (AvgIpc) is 2.61. The molecule has 1 saturated carbocycles. The van der Waals surface area contributed by atoms with E-state index < -0.39 is 0 Å². The largest absolute Gasteiger partial charge is 0.317 e. The maximum absolute atomic E-state index is 3.48. The first kappa shape index (κ1) is 6.66. The van der Waals surface area contributed by atoms with Crippen molar-refractivity contribution in [2.24, 2.45) is 5.41 Å². The average molecular weight is 139 g/mol. The maximum Gasteiger partial charge on any atom is -0.00436 e. The number of hydrogen-bond donors (Lipinski definition) is 1. The van der Waals surface area contributed by atoms with Crippen LogP contribution >= 0.6 is 0 Å². The third-order valence-electron chi connectivity index (χ3n) is 3.10. The van der Waals surface area contributed by atoms with E-state index >= 15 is 0 Å². The highest BCUT2D eigenvalue weighted by Gasteiger charge is 2.41. The molecule has 0 aromatic rings. The van der Waals surface area contributed by atoms with Crippen molar-refractivity contribution in [1.29, 1.82) is 0 Å². The zero-order valence-electron chi connectivity index (χ0n) is 6.66. The molecular formula is C9H17N. The zero-order valence-corrected chi connectivity index (χ0v) is 6.66. The fourth-order valence-electron chi connectivity index (χ4n) is 2.03. The minimum Gasteiger partial charge on any atom is -0.317 e. The number of rotatable bonds is 0. The van der Waals surface area contributed by atoms with E-state index in [0.29, 0.717) is 0 Å². The summed E-state index contributed by atoms with van der Waals surface area (Å²) in [5, 5.41) is 3.48. The molecule has 1 N–H and O–H groups in total. The van der Waals surface area contributed by atoms with Gasteiger partial charge < -0.3 is 5.32 Å². The van der Waals surface area contributed by atoms with E-state index in [4.69, 9.17) is 0 Å². The smallest absolute Gasteiger partial charge is 0.00436 e. The van der Waals surface area contributed by atoms with Crippen molar-refractivity contribution in [1.82, 2.24) is 5.32 Å². The molecule has 0 amide bonds. The summed E-state index contributed by atoms with van der Waals surface area (Å²) in [5.41, 5.74) is 0.841. The fraction of sp³-hybridized carbons (Fsp3) is 1.00. The van der Waals surface area contributed by atoms with Crippen molar-refractivity contribution in [3.8, 4) is 0 Å². The van der Waals surface area contributed by atoms with Crippen molar-refractivity contribution in [3.63, 3.8) is 0 Å².